The predicted octanol–water partition coefficient (Wildman–Crippen LogP) is -1.70. The topological polar surface area (TPSA) is 96.2 Å². The summed E-state index contributed by atoms with van der Waals surface area (Å²) in [4.78, 5) is 21.1. The first-order valence-electron chi connectivity index (χ1n) is 3.05. The van der Waals surface area contributed by atoms with Crippen molar-refractivity contribution in [2.45, 2.75) is 0 Å². The van der Waals surface area contributed by atoms with Gasteiger partial charge in [-0.1, -0.05) is 6.58 Å². The van der Waals surface area contributed by atoms with Gasteiger partial charge in [0.1, 0.15) is 0 Å². The van der Waals surface area contributed by atoms with Crippen LogP contribution in [-0.2, 0) is 9.59 Å². The molecule has 0 aliphatic heterocycles. The number of hydrazine groups is 2. The molecule has 0 atom stereocenters. The molecule has 6 nitrogen and oxygen atoms in total. The van der Waals surface area contributed by atoms with Gasteiger partial charge in [0.25, 0.3) is 11.8 Å². The molecule has 0 aromatic carbocycles. The average Bonchev–Trinajstić information content (AvgIpc) is 2.10. The third-order valence-corrected chi connectivity index (χ3v) is 0.826. The molecule has 12 heavy (non-hydrogen) atoms. The van der Waals surface area contributed by atoms with Gasteiger partial charge in [-0.2, -0.15) is 0 Å². The molecular formula is C6H10N4O2. The molecule has 0 spiro atoms. The van der Waals surface area contributed by atoms with Gasteiger partial charge in [-0.05, 0) is 0 Å². The monoisotopic (exact) mass is 170 g/mol. The Kier molecular flexibility index (Phi) is 5.03. The van der Waals surface area contributed by atoms with Crippen LogP contribution in [0.1, 0.15) is 0 Å². The Hall–Kier alpha value is -1.82. The second-order valence-electron chi connectivity index (χ2n) is 1.68. The Labute approximate surface area is 69.4 Å². The second kappa shape index (κ2) is 5.93. The molecule has 0 rings (SSSR count). The van der Waals surface area contributed by atoms with Gasteiger partial charge in [-0.15, -0.1) is 0 Å². The largest absolute Gasteiger partial charge is 0.306 e. The molecule has 0 bridgehead atoms. The summed E-state index contributed by atoms with van der Waals surface area (Å²) < 4.78 is 0. The van der Waals surface area contributed by atoms with Gasteiger partial charge in [0, 0.05) is 18.4 Å². The Morgan fingerprint density at radius 1 is 1.25 bits per heavy atom. The molecule has 0 aliphatic carbocycles. The Morgan fingerprint density at radius 3 is 2.33 bits per heavy atom. The van der Waals surface area contributed by atoms with Crippen molar-refractivity contribution in [1.29, 1.82) is 0 Å². The summed E-state index contributed by atoms with van der Waals surface area (Å²) in [6.07, 6.45) is 3.31. The lowest BCUT2D eigenvalue weighted by molar-refractivity contribution is -0.119. The molecule has 0 radical (unpaired) electrons. The maximum atomic E-state index is 10.7. The van der Waals surface area contributed by atoms with Crippen molar-refractivity contribution < 1.29 is 9.59 Å². The van der Waals surface area contributed by atoms with Gasteiger partial charge in [-0.25, -0.2) is 5.84 Å². The number of nitrogens with two attached hydrogens (primary N) is 1. The van der Waals surface area contributed by atoms with Crippen molar-refractivity contribution in [3.8, 4) is 0 Å². The molecular weight excluding hydrogens is 160 g/mol. The Balaban J connectivity index is 3.75. The predicted molar refractivity (Wildman–Crippen MR) is 42.9 cm³/mol. The van der Waals surface area contributed by atoms with Crippen molar-refractivity contribution in [2.75, 3.05) is 0 Å². The van der Waals surface area contributed by atoms with E-state index in [-0.39, 0.29) is 0 Å². The first kappa shape index (κ1) is 10.2. The molecule has 0 heterocycles. The van der Waals surface area contributed by atoms with Crippen LogP contribution in [0.4, 0.5) is 0 Å². The number of amides is 2. The van der Waals surface area contributed by atoms with Crippen LogP contribution in [0, 0.1) is 0 Å². The SMILES string of the molecule is C=CNNC(=O)/C=C\C(=O)NN. The second-order valence-corrected chi connectivity index (χ2v) is 1.68. The number of carbonyl (C=O) groups is 2. The smallest absolute Gasteiger partial charge is 0.262 e. The zero-order valence-electron chi connectivity index (χ0n) is 6.33. The van der Waals surface area contributed by atoms with Crippen molar-refractivity contribution in [1.82, 2.24) is 16.3 Å². The summed E-state index contributed by atoms with van der Waals surface area (Å²) >= 11 is 0. The zero-order chi connectivity index (χ0) is 9.40. The fraction of sp³-hybridized carbons (Fsp3) is 0. The number of hydrogen-bond donors (Lipinski definition) is 4. The van der Waals surface area contributed by atoms with E-state index in [4.69, 9.17) is 5.84 Å². The number of hydrogen-bond acceptors (Lipinski definition) is 4. The van der Waals surface area contributed by atoms with Crippen LogP contribution in [0.2, 0.25) is 0 Å². The van der Waals surface area contributed by atoms with E-state index in [9.17, 15) is 9.59 Å². The Morgan fingerprint density at radius 2 is 1.83 bits per heavy atom. The number of nitrogens with one attached hydrogen (secondary N) is 3. The standard InChI is InChI=1S/C6H10N4O2/c1-2-8-10-6(12)4-3-5(11)9-7/h2-4,8H,1,7H2,(H,9,11)(H,10,12)/b4-3-. The van der Waals surface area contributed by atoms with Gasteiger partial charge < -0.3 is 5.43 Å². The van der Waals surface area contributed by atoms with Crippen LogP contribution >= 0.6 is 0 Å². The minimum absolute atomic E-state index is 0.474. The van der Waals surface area contributed by atoms with Gasteiger partial charge in [0.2, 0.25) is 0 Å². The summed E-state index contributed by atoms with van der Waals surface area (Å²) in [7, 11) is 0. The van der Waals surface area contributed by atoms with Crippen LogP contribution in [0.3, 0.4) is 0 Å². The fourth-order valence-corrected chi connectivity index (χ4v) is 0.363. The molecule has 6 heteroatoms. The highest BCUT2D eigenvalue weighted by molar-refractivity contribution is 5.96. The molecule has 66 valence electrons. The molecule has 0 unspecified atom stereocenters. The highest BCUT2D eigenvalue weighted by Crippen LogP contribution is 1.71. The van der Waals surface area contributed by atoms with E-state index in [1.807, 2.05) is 5.43 Å². The van der Waals surface area contributed by atoms with E-state index in [2.05, 4.69) is 17.4 Å². The van der Waals surface area contributed by atoms with Gasteiger partial charge in [0.05, 0.1) is 0 Å². The Bertz CT molecular complexity index is 212. The molecule has 0 saturated heterocycles. The highest BCUT2D eigenvalue weighted by Gasteiger charge is 1.93. The summed E-state index contributed by atoms with van der Waals surface area (Å²) in [5.74, 6) is 3.72. The minimum Gasteiger partial charge on any atom is -0.306 e. The first-order valence-corrected chi connectivity index (χ1v) is 3.05. The minimum atomic E-state index is -0.552. The molecule has 0 saturated carbocycles. The first-order chi connectivity index (χ1) is 5.70. The highest BCUT2D eigenvalue weighted by atomic mass is 16.2. The third-order valence-electron chi connectivity index (χ3n) is 0.826. The van der Waals surface area contributed by atoms with Crippen LogP contribution in [0.25, 0.3) is 0 Å². The van der Waals surface area contributed by atoms with Gasteiger partial charge in [-0.3, -0.25) is 20.4 Å². The zero-order valence-corrected chi connectivity index (χ0v) is 6.33. The van der Waals surface area contributed by atoms with Crippen LogP contribution < -0.4 is 22.1 Å². The van der Waals surface area contributed by atoms with Crippen molar-refractivity contribution >= 4 is 11.8 Å². The van der Waals surface area contributed by atoms with Crippen LogP contribution in [0.5, 0.6) is 0 Å². The fourth-order valence-electron chi connectivity index (χ4n) is 0.363. The lowest BCUT2D eigenvalue weighted by Gasteiger charge is -1.97. The number of rotatable bonds is 4. The van der Waals surface area contributed by atoms with Crippen molar-refractivity contribution in [3.05, 3.63) is 24.9 Å². The summed E-state index contributed by atoms with van der Waals surface area (Å²) in [5, 5.41) is 0. The quantitative estimate of drug-likeness (QED) is 0.175. The van der Waals surface area contributed by atoms with Crippen LogP contribution in [0.15, 0.2) is 24.9 Å². The molecule has 0 aromatic heterocycles. The molecule has 2 amide bonds. The lowest BCUT2D eigenvalue weighted by atomic mass is 10.4. The maximum Gasteiger partial charge on any atom is 0.262 e. The molecule has 0 fully saturated rings. The normalized spacial score (nSPS) is 9.08. The lowest BCUT2D eigenvalue weighted by Crippen LogP contribution is -2.33. The van der Waals surface area contributed by atoms with E-state index in [1.54, 1.807) is 0 Å². The average molecular weight is 170 g/mol. The van der Waals surface area contributed by atoms with E-state index >= 15 is 0 Å². The van der Waals surface area contributed by atoms with Crippen molar-refractivity contribution in [3.63, 3.8) is 0 Å². The van der Waals surface area contributed by atoms with E-state index in [0.717, 1.165) is 12.2 Å². The van der Waals surface area contributed by atoms with E-state index in [0.29, 0.717) is 0 Å². The maximum absolute atomic E-state index is 10.7. The van der Waals surface area contributed by atoms with E-state index < -0.39 is 11.8 Å². The molecule has 0 aliphatic rings. The van der Waals surface area contributed by atoms with E-state index in [1.165, 1.54) is 6.20 Å². The summed E-state index contributed by atoms with van der Waals surface area (Å²) in [6, 6.07) is 0. The molecule has 5 N–H and O–H groups in total. The van der Waals surface area contributed by atoms with Gasteiger partial charge in [0.15, 0.2) is 0 Å². The summed E-state index contributed by atoms with van der Waals surface area (Å²) in [6.45, 7) is 3.29. The van der Waals surface area contributed by atoms with Gasteiger partial charge >= 0.3 is 0 Å². The van der Waals surface area contributed by atoms with Crippen molar-refractivity contribution in [2.24, 2.45) is 5.84 Å². The molecule has 0 aromatic rings. The summed E-state index contributed by atoms with van der Waals surface area (Å²) in [5.41, 5.74) is 6.37. The van der Waals surface area contributed by atoms with Crippen LogP contribution in [-0.4, -0.2) is 11.8 Å². The third kappa shape index (κ3) is 5.00. The number of carbonyl (C=O) groups excluding carboxylic acids is 2.